The van der Waals surface area contributed by atoms with Crippen molar-refractivity contribution in [3.05, 3.63) is 24.3 Å². The van der Waals surface area contributed by atoms with Crippen molar-refractivity contribution in [1.82, 2.24) is 20.1 Å². The maximum absolute atomic E-state index is 4.30. The van der Waals surface area contributed by atoms with Crippen molar-refractivity contribution in [3.8, 4) is 0 Å². The lowest BCUT2D eigenvalue weighted by atomic mass is 9.96. The first kappa shape index (κ1) is 12.3. The molecule has 1 aliphatic rings. The first-order valence-corrected chi connectivity index (χ1v) is 6.51. The average molecular weight is 234 g/mol. The molecule has 1 aliphatic heterocycles. The van der Waals surface area contributed by atoms with Gasteiger partial charge in [-0.25, -0.2) is 0 Å². The van der Waals surface area contributed by atoms with Crippen LogP contribution in [-0.4, -0.2) is 27.9 Å². The second-order valence-electron chi connectivity index (χ2n) is 4.81. The summed E-state index contributed by atoms with van der Waals surface area (Å²) in [6.45, 7) is 8.92. The van der Waals surface area contributed by atoms with Gasteiger partial charge in [-0.1, -0.05) is 6.08 Å². The molecule has 1 atom stereocenters. The molecular formula is C13H22N4. The summed E-state index contributed by atoms with van der Waals surface area (Å²) in [6.07, 6.45) is 6.79. The van der Waals surface area contributed by atoms with Gasteiger partial charge in [0.2, 0.25) is 0 Å². The molecule has 17 heavy (non-hydrogen) atoms. The quantitative estimate of drug-likeness (QED) is 0.806. The molecule has 0 bridgehead atoms. The summed E-state index contributed by atoms with van der Waals surface area (Å²) in [4.78, 5) is 0. The predicted octanol–water partition coefficient (Wildman–Crippen LogP) is 1.70. The normalized spacial score (nSPS) is 21.1. The Bertz CT molecular complexity index is 361. The standard InChI is InChI=1S/C13H22N4/c1-3-9-17-11(2)15-16-13(17)10-12-5-4-7-14-8-6-12/h3,12,14H,1,4-10H2,2H3. The lowest BCUT2D eigenvalue weighted by Crippen LogP contribution is -2.15. The molecule has 94 valence electrons. The van der Waals surface area contributed by atoms with Crippen molar-refractivity contribution in [2.24, 2.45) is 5.92 Å². The molecule has 0 saturated carbocycles. The van der Waals surface area contributed by atoms with E-state index in [1.165, 1.54) is 19.3 Å². The van der Waals surface area contributed by atoms with Gasteiger partial charge in [-0.05, 0) is 45.2 Å². The average Bonchev–Trinajstić information content (AvgIpc) is 2.57. The third-order valence-corrected chi connectivity index (χ3v) is 3.49. The number of nitrogens with one attached hydrogen (secondary N) is 1. The Morgan fingerprint density at radius 1 is 1.41 bits per heavy atom. The summed E-state index contributed by atoms with van der Waals surface area (Å²) in [6, 6.07) is 0. The van der Waals surface area contributed by atoms with E-state index in [1.54, 1.807) is 0 Å². The van der Waals surface area contributed by atoms with Gasteiger partial charge in [0.15, 0.2) is 0 Å². The summed E-state index contributed by atoms with van der Waals surface area (Å²) >= 11 is 0. The van der Waals surface area contributed by atoms with Gasteiger partial charge >= 0.3 is 0 Å². The van der Waals surface area contributed by atoms with Crippen LogP contribution in [0.2, 0.25) is 0 Å². The SMILES string of the molecule is C=CCn1c(C)nnc1CC1CCCNCC1. The Morgan fingerprint density at radius 2 is 2.29 bits per heavy atom. The molecular weight excluding hydrogens is 212 g/mol. The monoisotopic (exact) mass is 234 g/mol. The zero-order valence-electron chi connectivity index (χ0n) is 10.7. The number of aromatic nitrogens is 3. The summed E-state index contributed by atoms with van der Waals surface area (Å²) < 4.78 is 2.17. The largest absolute Gasteiger partial charge is 0.317 e. The van der Waals surface area contributed by atoms with Crippen LogP contribution in [0.25, 0.3) is 0 Å². The van der Waals surface area contributed by atoms with Crippen LogP contribution in [0.1, 0.15) is 30.9 Å². The number of rotatable bonds is 4. The highest BCUT2D eigenvalue weighted by molar-refractivity contribution is 4.97. The van der Waals surface area contributed by atoms with Gasteiger partial charge in [0.1, 0.15) is 11.6 Å². The molecule has 0 aliphatic carbocycles. The highest BCUT2D eigenvalue weighted by Gasteiger charge is 2.16. The van der Waals surface area contributed by atoms with Crippen molar-refractivity contribution >= 4 is 0 Å². The molecule has 1 unspecified atom stereocenters. The van der Waals surface area contributed by atoms with Crippen molar-refractivity contribution in [1.29, 1.82) is 0 Å². The maximum Gasteiger partial charge on any atom is 0.133 e. The van der Waals surface area contributed by atoms with E-state index in [2.05, 4.69) is 26.7 Å². The second-order valence-corrected chi connectivity index (χ2v) is 4.81. The molecule has 1 aromatic heterocycles. The van der Waals surface area contributed by atoms with E-state index < -0.39 is 0 Å². The van der Waals surface area contributed by atoms with Gasteiger partial charge in [-0.3, -0.25) is 0 Å². The fourth-order valence-electron chi connectivity index (χ4n) is 2.50. The van der Waals surface area contributed by atoms with Gasteiger partial charge in [0.25, 0.3) is 0 Å². The summed E-state index contributed by atoms with van der Waals surface area (Å²) in [5.74, 6) is 2.86. The topological polar surface area (TPSA) is 42.7 Å². The molecule has 0 spiro atoms. The summed E-state index contributed by atoms with van der Waals surface area (Å²) in [5, 5.41) is 11.9. The Hall–Kier alpha value is -1.16. The van der Waals surface area contributed by atoms with E-state index in [4.69, 9.17) is 0 Å². The number of allylic oxidation sites excluding steroid dienone is 1. The van der Waals surface area contributed by atoms with Crippen LogP contribution in [0, 0.1) is 12.8 Å². The minimum Gasteiger partial charge on any atom is -0.317 e. The van der Waals surface area contributed by atoms with Crippen LogP contribution in [0.5, 0.6) is 0 Å². The van der Waals surface area contributed by atoms with Gasteiger partial charge in [-0.15, -0.1) is 16.8 Å². The Labute approximate surface area is 103 Å². The van der Waals surface area contributed by atoms with E-state index in [1.807, 2.05) is 13.0 Å². The lowest BCUT2D eigenvalue weighted by Gasteiger charge is -2.13. The molecule has 0 radical (unpaired) electrons. The fraction of sp³-hybridized carbons (Fsp3) is 0.692. The first-order valence-electron chi connectivity index (χ1n) is 6.51. The van der Waals surface area contributed by atoms with Crippen LogP contribution in [0.3, 0.4) is 0 Å². The molecule has 0 aromatic carbocycles. The summed E-state index contributed by atoms with van der Waals surface area (Å²) in [5.41, 5.74) is 0. The van der Waals surface area contributed by atoms with E-state index in [9.17, 15) is 0 Å². The van der Waals surface area contributed by atoms with E-state index in [0.717, 1.165) is 43.6 Å². The molecule has 1 saturated heterocycles. The maximum atomic E-state index is 4.30. The smallest absolute Gasteiger partial charge is 0.133 e. The van der Waals surface area contributed by atoms with Gasteiger partial charge in [0, 0.05) is 13.0 Å². The van der Waals surface area contributed by atoms with Crippen LogP contribution in [0.4, 0.5) is 0 Å². The third-order valence-electron chi connectivity index (χ3n) is 3.49. The van der Waals surface area contributed by atoms with Crippen molar-refractivity contribution in [3.63, 3.8) is 0 Å². The predicted molar refractivity (Wildman–Crippen MR) is 68.9 cm³/mol. The minimum atomic E-state index is 0.747. The Kier molecular flexibility index (Phi) is 4.31. The molecule has 1 aromatic rings. The van der Waals surface area contributed by atoms with Gasteiger partial charge in [0.05, 0.1) is 0 Å². The zero-order chi connectivity index (χ0) is 12.1. The molecule has 4 nitrogen and oxygen atoms in total. The van der Waals surface area contributed by atoms with Crippen LogP contribution < -0.4 is 5.32 Å². The van der Waals surface area contributed by atoms with Crippen molar-refractivity contribution in [2.75, 3.05) is 13.1 Å². The lowest BCUT2D eigenvalue weighted by molar-refractivity contribution is 0.450. The van der Waals surface area contributed by atoms with Crippen LogP contribution in [-0.2, 0) is 13.0 Å². The van der Waals surface area contributed by atoms with Crippen LogP contribution >= 0.6 is 0 Å². The number of nitrogens with zero attached hydrogens (tertiary/aromatic N) is 3. The van der Waals surface area contributed by atoms with E-state index in [0.29, 0.717) is 0 Å². The second kappa shape index (κ2) is 5.96. The fourth-order valence-corrected chi connectivity index (χ4v) is 2.50. The molecule has 2 rings (SSSR count). The van der Waals surface area contributed by atoms with Crippen LogP contribution in [0.15, 0.2) is 12.7 Å². The molecule has 1 fully saturated rings. The molecule has 2 heterocycles. The highest BCUT2D eigenvalue weighted by atomic mass is 15.3. The Morgan fingerprint density at radius 3 is 3.12 bits per heavy atom. The van der Waals surface area contributed by atoms with Crippen molar-refractivity contribution < 1.29 is 0 Å². The molecule has 0 amide bonds. The van der Waals surface area contributed by atoms with Crippen molar-refractivity contribution in [2.45, 2.75) is 39.2 Å². The molecule has 4 heteroatoms. The number of hydrogen-bond donors (Lipinski definition) is 1. The highest BCUT2D eigenvalue weighted by Crippen LogP contribution is 2.18. The minimum absolute atomic E-state index is 0.747. The van der Waals surface area contributed by atoms with E-state index in [-0.39, 0.29) is 0 Å². The number of hydrogen-bond acceptors (Lipinski definition) is 3. The van der Waals surface area contributed by atoms with E-state index >= 15 is 0 Å². The number of aryl methyl sites for hydroxylation is 1. The van der Waals surface area contributed by atoms with Gasteiger partial charge < -0.3 is 9.88 Å². The van der Waals surface area contributed by atoms with Gasteiger partial charge in [-0.2, -0.15) is 0 Å². The Balaban J connectivity index is 2.03. The molecule has 1 N–H and O–H groups in total. The first-order chi connectivity index (χ1) is 8.31. The third kappa shape index (κ3) is 3.16. The zero-order valence-corrected chi connectivity index (χ0v) is 10.7. The summed E-state index contributed by atoms with van der Waals surface area (Å²) in [7, 11) is 0.